The Morgan fingerprint density at radius 1 is 0.895 bits per heavy atom. The fourth-order valence-corrected chi connectivity index (χ4v) is 3.86. The highest BCUT2D eigenvalue weighted by Crippen LogP contribution is 2.22. The second-order valence-corrected chi connectivity index (χ2v) is 6.78. The second-order valence-electron chi connectivity index (χ2n) is 6.37. The van der Waals surface area contributed by atoms with Gasteiger partial charge in [-0.25, -0.2) is 0 Å². The van der Waals surface area contributed by atoms with Crippen molar-refractivity contribution in [3.05, 3.63) is 0 Å². The van der Waals surface area contributed by atoms with Gasteiger partial charge in [-0.3, -0.25) is 0 Å². The van der Waals surface area contributed by atoms with E-state index in [0.29, 0.717) is 18.1 Å². The highest BCUT2D eigenvalue weighted by molar-refractivity contribution is 7.80. The van der Waals surface area contributed by atoms with Crippen molar-refractivity contribution < 1.29 is 0 Å². The molecule has 0 unspecified atom stereocenters. The molecule has 2 rings (SSSR count). The first-order chi connectivity index (χ1) is 9.16. The van der Waals surface area contributed by atoms with E-state index in [-0.39, 0.29) is 0 Å². The van der Waals surface area contributed by atoms with Crippen LogP contribution in [0.5, 0.6) is 0 Å². The zero-order chi connectivity index (χ0) is 13.7. The molecule has 2 fully saturated rings. The van der Waals surface area contributed by atoms with Crippen molar-refractivity contribution in [1.29, 1.82) is 0 Å². The van der Waals surface area contributed by atoms with E-state index in [1.807, 2.05) is 0 Å². The molecule has 2 N–H and O–H groups in total. The predicted octanol–water partition coefficient (Wildman–Crippen LogP) is 2.66. The van der Waals surface area contributed by atoms with Gasteiger partial charge in [-0.15, -0.1) is 0 Å². The summed E-state index contributed by atoms with van der Waals surface area (Å²) >= 11 is 5.51. The number of rotatable bonds is 3. The summed E-state index contributed by atoms with van der Waals surface area (Å²) < 4.78 is 0. The van der Waals surface area contributed by atoms with E-state index in [0.717, 1.165) is 5.11 Å². The average molecular weight is 283 g/mol. The molecule has 0 amide bonds. The van der Waals surface area contributed by atoms with Gasteiger partial charge in [0, 0.05) is 18.1 Å². The number of hydrogen-bond acceptors (Lipinski definition) is 2. The Labute approximate surface area is 123 Å². The third-order valence-electron chi connectivity index (χ3n) is 4.65. The van der Waals surface area contributed by atoms with Gasteiger partial charge >= 0.3 is 0 Å². The predicted molar refractivity (Wildman–Crippen MR) is 85.5 cm³/mol. The van der Waals surface area contributed by atoms with Crippen LogP contribution in [0.1, 0.15) is 57.8 Å². The largest absolute Gasteiger partial charge is 0.360 e. The van der Waals surface area contributed by atoms with Crippen molar-refractivity contribution in [3.8, 4) is 0 Å². The van der Waals surface area contributed by atoms with E-state index in [2.05, 4.69) is 29.6 Å². The van der Waals surface area contributed by atoms with E-state index in [9.17, 15) is 0 Å². The van der Waals surface area contributed by atoms with Crippen molar-refractivity contribution in [2.24, 2.45) is 0 Å². The highest BCUT2D eigenvalue weighted by Gasteiger charge is 2.27. The van der Waals surface area contributed by atoms with Crippen molar-refractivity contribution in [2.45, 2.75) is 75.9 Å². The molecule has 0 aromatic carbocycles. The van der Waals surface area contributed by atoms with Gasteiger partial charge in [-0.2, -0.15) is 0 Å². The molecule has 2 atom stereocenters. The summed E-state index contributed by atoms with van der Waals surface area (Å²) in [4.78, 5) is 2.35. The number of nitrogens with one attached hydrogen (secondary N) is 2. The maximum absolute atomic E-state index is 5.51. The third-order valence-corrected chi connectivity index (χ3v) is 4.89. The van der Waals surface area contributed by atoms with Crippen LogP contribution in [0.4, 0.5) is 0 Å². The van der Waals surface area contributed by atoms with Crippen LogP contribution in [0.3, 0.4) is 0 Å². The zero-order valence-electron chi connectivity index (χ0n) is 12.5. The lowest BCUT2D eigenvalue weighted by Crippen LogP contribution is -2.54. The van der Waals surface area contributed by atoms with Gasteiger partial charge in [0.2, 0.25) is 0 Å². The Balaban J connectivity index is 1.79. The summed E-state index contributed by atoms with van der Waals surface area (Å²) in [6.07, 6.45) is 11.9. The molecule has 2 aliphatic carbocycles. The molecule has 3 nitrogen and oxygen atoms in total. The minimum Gasteiger partial charge on any atom is -0.360 e. The summed E-state index contributed by atoms with van der Waals surface area (Å²) in [7, 11) is 4.37. The van der Waals surface area contributed by atoms with E-state index in [1.165, 1.54) is 57.8 Å². The molecular weight excluding hydrogens is 254 g/mol. The SMILES string of the molecule is CN(C)[C@H]1CCCC[C@@H]1NC(=S)NC1CCCCC1. The minimum absolute atomic E-state index is 0.521. The van der Waals surface area contributed by atoms with Crippen molar-refractivity contribution in [3.63, 3.8) is 0 Å². The van der Waals surface area contributed by atoms with Gasteiger partial charge in [0.25, 0.3) is 0 Å². The molecule has 0 spiro atoms. The van der Waals surface area contributed by atoms with E-state index < -0.39 is 0 Å². The van der Waals surface area contributed by atoms with Crippen LogP contribution in [-0.2, 0) is 0 Å². The summed E-state index contributed by atoms with van der Waals surface area (Å²) in [6.45, 7) is 0. The van der Waals surface area contributed by atoms with Crippen molar-refractivity contribution in [2.75, 3.05) is 14.1 Å². The van der Waals surface area contributed by atoms with E-state index in [1.54, 1.807) is 0 Å². The maximum atomic E-state index is 5.51. The molecule has 2 saturated carbocycles. The summed E-state index contributed by atoms with van der Waals surface area (Å²) in [5.74, 6) is 0. The standard InChI is InChI=1S/C15H29N3S/c1-18(2)14-11-7-6-10-13(14)17-15(19)16-12-8-4-3-5-9-12/h12-14H,3-11H2,1-2H3,(H2,16,17,19)/t13-,14-/m0/s1. The number of likely N-dealkylation sites (N-methyl/N-ethyl adjacent to an activating group) is 1. The van der Waals surface area contributed by atoms with Crippen molar-refractivity contribution in [1.82, 2.24) is 15.5 Å². The minimum atomic E-state index is 0.521. The maximum Gasteiger partial charge on any atom is 0.166 e. The van der Waals surface area contributed by atoms with Gasteiger partial charge in [-0.05, 0) is 52.0 Å². The smallest absolute Gasteiger partial charge is 0.166 e. The Morgan fingerprint density at radius 2 is 1.53 bits per heavy atom. The summed E-state index contributed by atoms with van der Waals surface area (Å²) in [5, 5.41) is 7.98. The Morgan fingerprint density at radius 3 is 2.21 bits per heavy atom. The number of nitrogens with zero attached hydrogens (tertiary/aromatic N) is 1. The third kappa shape index (κ3) is 4.60. The van der Waals surface area contributed by atoms with Gasteiger partial charge < -0.3 is 15.5 Å². The van der Waals surface area contributed by atoms with Gasteiger partial charge in [0.1, 0.15) is 0 Å². The second kappa shape index (κ2) is 7.44. The Hall–Kier alpha value is -0.350. The molecule has 2 aliphatic rings. The normalized spacial score (nSPS) is 29.2. The summed E-state index contributed by atoms with van der Waals surface area (Å²) in [6, 6.07) is 1.75. The topological polar surface area (TPSA) is 27.3 Å². The van der Waals surface area contributed by atoms with Crippen molar-refractivity contribution >= 4 is 17.3 Å². The molecule has 0 saturated heterocycles. The van der Waals surface area contributed by atoms with Gasteiger partial charge in [0.15, 0.2) is 5.11 Å². The zero-order valence-corrected chi connectivity index (χ0v) is 13.3. The number of hydrogen-bond donors (Lipinski definition) is 2. The van der Waals surface area contributed by atoms with E-state index in [4.69, 9.17) is 12.2 Å². The van der Waals surface area contributed by atoms with Gasteiger partial charge in [-0.1, -0.05) is 32.1 Å². The van der Waals surface area contributed by atoms with Crippen LogP contribution >= 0.6 is 12.2 Å². The molecule has 0 aromatic rings. The van der Waals surface area contributed by atoms with Gasteiger partial charge in [0.05, 0.1) is 0 Å². The van der Waals surface area contributed by atoms with Crippen LogP contribution in [0, 0.1) is 0 Å². The van der Waals surface area contributed by atoms with Crippen LogP contribution in [0.25, 0.3) is 0 Å². The molecule has 0 heterocycles. The molecule has 0 bridgehead atoms. The molecule has 0 aliphatic heterocycles. The fraction of sp³-hybridized carbons (Fsp3) is 0.933. The summed E-state index contributed by atoms with van der Waals surface area (Å²) in [5.41, 5.74) is 0. The molecular formula is C15H29N3S. The lowest BCUT2D eigenvalue weighted by atomic mass is 9.89. The Kier molecular flexibility index (Phi) is 5.89. The highest BCUT2D eigenvalue weighted by atomic mass is 32.1. The van der Waals surface area contributed by atoms with Crippen LogP contribution in [-0.4, -0.2) is 42.2 Å². The monoisotopic (exact) mass is 283 g/mol. The molecule has 0 aromatic heterocycles. The molecule has 19 heavy (non-hydrogen) atoms. The first-order valence-electron chi connectivity index (χ1n) is 7.90. The molecule has 4 heteroatoms. The molecule has 0 radical (unpaired) electrons. The number of thiocarbonyl (C=S) groups is 1. The first-order valence-corrected chi connectivity index (χ1v) is 8.31. The van der Waals surface area contributed by atoms with E-state index >= 15 is 0 Å². The lowest BCUT2D eigenvalue weighted by molar-refractivity contribution is 0.189. The fourth-order valence-electron chi connectivity index (χ4n) is 3.54. The lowest BCUT2D eigenvalue weighted by Gasteiger charge is -2.37. The van der Waals surface area contributed by atoms with Crippen LogP contribution in [0.15, 0.2) is 0 Å². The molecule has 110 valence electrons. The first kappa shape index (κ1) is 15.0. The van der Waals surface area contributed by atoms with Crippen LogP contribution < -0.4 is 10.6 Å². The quantitative estimate of drug-likeness (QED) is 0.779. The van der Waals surface area contributed by atoms with Crippen LogP contribution in [0.2, 0.25) is 0 Å². The Bertz CT molecular complexity index is 287. The average Bonchev–Trinajstić information content (AvgIpc) is 2.40.